The van der Waals surface area contributed by atoms with E-state index >= 15 is 0 Å². The standard InChI is InChI=1S/C12H15BrN2O4/c1-19-10(11(16)17)7-15-12(18)14-6-8-3-2-4-9(13)5-8/h2-5,10H,6-7H2,1H3,(H,16,17)(H2,14,15,18). The number of hydrogen-bond donors (Lipinski definition) is 3. The molecule has 0 fully saturated rings. The second-order valence-corrected chi connectivity index (χ2v) is 4.67. The van der Waals surface area contributed by atoms with E-state index in [0.717, 1.165) is 10.0 Å². The summed E-state index contributed by atoms with van der Waals surface area (Å²) in [5, 5.41) is 13.8. The fraction of sp³-hybridized carbons (Fsp3) is 0.333. The van der Waals surface area contributed by atoms with Crippen LogP contribution < -0.4 is 10.6 Å². The number of hydrogen-bond acceptors (Lipinski definition) is 3. The lowest BCUT2D eigenvalue weighted by molar-refractivity contribution is -0.147. The van der Waals surface area contributed by atoms with Gasteiger partial charge in [0, 0.05) is 18.1 Å². The molecule has 0 aliphatic heterocycles. The maximum absolute atomic E-state index is 11.5. The van der Waals surface area contributed by atoms with Crippen LogP contribution >= 0.6 is 15.9 Å². The van der Waals surface area contributed by atoms with Gasteiger partial charge in [0.1, 0.15) is 0 Å². The van der Waals surface area contributed by atoms with Crippen molar-refractivity contribution >= 4 is 27.9 Å². The maximum Gasteiger partial charge on any atom is 0.334 e. The Kier molecular flexibility index (Phi) is 6.31. The van der Waals surface area contributed by atoms with Gasteiger partial charge < -0.3 is 20.5 Å². The summed E-state index contributed by atoms with van der Waals surface area (Å²) in [7, 11) is 1.28. The summed E-state index contributed by atoms with van der Waals surface area (Å²) < 4.78 is 5.62. The predicted octanol–water partition coefficient (Wildman–Crippen LogP) is 1.35. The third kappa shape index (κ3) is 5.71. The Bertz CT molecular complexity index is 453. The molecule has 0 heterocycles. The Morgan fingerprint density at radius 3 is 2.74 bits per heavy atom. The van der Waals surface area contributed by atoms with Crippen molar-refractivity contribution in [2.24, 2.45) is 0 Å². The molecule has 7 heteroatoms. The molecular formula is C12H15BrN2O4. The fourth-order valence-electron chi connectivity index (χ4n) is 1.35. The first kappa shape index (κ1) is 15.5. The van der Waals surface area contributed by atoms with Crippen LogP contribution in [0.5, 0.6) is 0 Å². The van der Waals surface area contributed by atoms with Gasteiger partial charge in [-0.25, -0.2) is 9.59 Å². The normalized spacial score (nSPS) is 11.7. The van der Waals surface area contributed by atoms with Crippen LogP contribution in [0.4, 0.5) is 4.79 Å². The fourth-order valence-corrected chi connectivity index (χ4v) is 1.80. The number of rotatable bonds is 6. The first-order valence-electron chi connectivity index (χ1n) is 5.54. The molecular weight excluding hydrogens is 316 g/mol. The lowest BCUT2D eigenvalue weighted by Crippen LogP contribution is -2.42. The quantitative estimate of drug-likeness (QED) is 0.734. The average molecular weight is 331 g/mol. The van der Waals surface area contributed by atoms with Crippen LogP contribution in [0.1, 0.15) is 5.56 Å². The van der Waals surface area contributed by atoms with Crippen molar-refractivity contribution in [3.05, 3.63) is 34.3 Å². The van der Waals surface area contributed by atoms with Crippen LogP contribution in [0, 0.1) is 0 Å². The highest BCUT2D eigenvalue weighted by molar-refractivity contribution is 9.10. The molecule has 0 bridgehead atoms. The molecule has 2 amide bonds. The molecule has 1 unspecified atom stereocenters. The van der Waals surface area contributed by atoms with E-state index < -0.39 is 18.1 Å². The van der Waals surface area contributed by atoms with Gasteiger partial charge in [-0.15, -0.1) is 0 Å². The summed E-state index contributed by atoms with van der Waals surface area (Å²) in [6.07, 6.45) is -1.04. The zero-order chi connectivity index (χ0) is 14.3. The van der Waals surface area contributed by atoms with E-state index in [1.807, 2.05) is 24.3 Å². The van der Waals surface area contributed by atoms with E-state index in [-0.39, 0.29) is 6.54 Å². The van der Waals surface area contributed by atoms with E-state index in [1.54, 1.807) is 0 Å². The number of methoxy groups -OCH3 is 1. The van der Waals surface area contributed by atoms with Gasteiger partial charge in [-0.05, 0) is 17.7 Å². The lowest BCUT2D eigenvalue weighted by atomic mass is 10.2. The number of benzene rings is 1. The van der Waals surface area contributed by atoms with Crippen molar-refractivity contribution in [2.45, 2.75) is 12.6 Å². The molecule has 3 N–H and O–H groups in total. The summed E-state index contributed by atoms with van der Waals surface area (Å²) >= 11 is 3.33. The van der Waals surface area contributed by atoms with E-state index in [4.69, 9.17) is 9.84 Å². The summed E-state index contributed by atoms with van der Waals surface area (Å²) in [6.45, 7) is 0.270. The Labute approximate surface area is 119 Å². The number of halogens is 1. The molecule has 0 aromatic heterocycles. The zero-order valence-corrected chi connectivity index (χ0v) is 11.9. The first-order chi connectivity index (χ1) is 9.02. The van der Waals surface area contributed by atoms with Crippen molar-refractivity contribution < 1.29 is 19.4 Å². The van der Waals surface area contributed by atoms with Gasteiger partial charge in [-0.1, -0.05) is 28.1 Å². The molecule has 1 aromatic rings. The van der Waals surface area contributed by atoms with Gasteiger partial charge in [0.15, 0.2) is 6.10 Å². The van der Waals surface area contributed by atoms with E-state index in [9.17, 15) is 9.59 Å². The second-order valence-electron chi connectivity index (χ2n) is 3.76. The third-order valence-electron chi connectivity index (χ3n) is 2.35. The Hall–Kier alpha value is -1.60. The number of carboxylic acid groups (broad SMARTS) is 1. The minimum atomic E-state index is -1.12. The molecule has 0 spiro atoms. The van der Waals surface area contributed by atoms with E-state index in [0.29, 0.717) is 6.54 Å². The number of ether oxygens (including phenoxy) is 1. The minimum absolute atomic E-state index is 0.0872. The maximum atomic E-state index is 11.5. The largest absolute Gasteiger partial charge is 0.479 e. The summed E-state index contributed by atoms with van der Waals surface area (Å²) in [6, 6.07) is 7.07. The molecule has 0 saturated heterocycles. The van der Waals surface area contributed by atoms with Crippen LogP contribution in [-0.2, 0) is 16.1 Å². The van der Waals surface area contributed by atoms with Gasteiger partial charge in [0.2, 0.25) is 0 Å². The molecule has 6 nitrogen and oxygen atoms in total. The monoisotopic (exact) mass is 330 g/mol. The lowest BCUT2D eigenvalue weighted by Gasteiger charge is -2.12. The number of amides is 2. The van der Waals surface area contributed by atoms with Crippen molar-refractivity contribution in [1.29, 1.82) is 0 Å². The molecule has 0 saturated carbocycles. The van der Waals surface area contributed by atoms with Crippen molar-refractivity contribution in [3.8, 4) is 0 Å². The molecule has 1 atom stereocenters. The number of aliphatic carboxylic acids is 1. The first-order valence-corrected chi connectivity index (χ1v) is 6.34. The van der Waals surface area contributed by atoms with Crippen molar-refractivity contribution in [3.63, 3.8) is 0 Å². The average Bonchev–Trinajstić information content (AvgIpc) is 2.37. The van der Waals surface area contributed by atoms with Crippen molar-refractivity contribution in [1.82, 2.24) is 10.6 Å². The highest BCUT2D eigenvalue weighted by atomic mass is 79.9. The summed E-state index contributed by atoms with van der Waals surface area (Å²) in [4.78, 5) is 22.1. The number of carbonyl (C=O) groups excluding carboxylic acids is 1. The topological polar surface area (TPSA) is 87.7 Å². The molecule has 104 valence electrons. The highest BCUT2D eigenvalue weighted by Gasteiger charge is 2.16. The smallest absolute Gasteiger partial charge is 0.334 e. The molecule has 0 radical (unpaired) electrons. The van der Waals surface area contributed by atoms with E-state index in [2.05, 4.69) is 26.6 Å². The van der Waals surface area contributed by atoms with Crippen molar-refractivity contribution in [2.75, 3.05) is 13.7 Å². The zero-order valence-electron chi connectivity index (χ0n) is 10.4. The Morgan fingerprint density at radius 1 is 1.42 bits per heavy atom. The minimum Gasteiger partial charge on any atom is -0.479 e. The Morgan fingerprint density at radius 2 is 2.16 bits per heavy atom. The van der Waals surface area contributed by atoms with Crippen LogP contribution in [0.15, 0.2) is 28.7 Å². The van der Waals surface area contributed by atoms with Crippen LogP contribution in [0.2, 0.25) is 0 Å². The van der Waals surface area contributed by atoms with Gasteiger partial charge in [0.25, 0.3) is 0 Å². The molecule has 1 rings (SSSR count). The van der Waals surface area contributed by atoms with Gasteiger partial charge in [-0.2, -0.15) is 0 Å². The second kappa shape index (κ2) is 7.75. The molecule has 19 heavy (non-hydrogen) atoms. The number of nitrogens with one attached hydrogen (secondary N) is 2. The van der Waals surface area contributed by atoms with Crippen LogP contribution in [0.25, 0.3) is 0 Å². The number of carbonyl (C=O) groups is 2. The number of urea groups is 1. The van der Waals surface area contributed by atoms with Crippen LogP contribution in [-0.4, -0.2) is 36.9 Å². The Balaban J connectivity index is 2.34. The molecule has 1 aromatic carbocycles. The number of carboxylic acids is 1. The highest BCUT2D eigenvalue weighted by Crippen LogP contribution is 2.11. The summed E-state index contributed by atoms with van der Waals surface area (Å²) in [5.41, 5.74) is 0.936. The van der Waals surface area contributed by atoms with Gasteiger partial charge >= 0.3 is 12.0 Å². The molecule has 0 aliphatic carbocycles. The predicted molar refractivity (Wildman–Crippen MR) is 72.8 cm³/mol. The SMILES string of the molecule is COC(CNC(=O)NCc1cccc(Br)c1)C(=O)O. The van der Waals surface area contributed by atoms with Crippen LogP contribution in [0.3, 0.4) is 0 Å². The third-order valence-corrected chi connectivity index (χ3v) is 2.84. The van der Waals surface area contributed by atoms with Gasteiger partial charge in [-0.3, -0.25) is 0 Å². The summed E-state index contributed by atoms with van der Waals surface area (Å²) in [5.74, 6) is -1.12. The molecule has 0 aliphatic rings. The van der Waals surface area contributed by atoms with E-state index in [1.165, 1.54) is 7.11 Å². The van der Waals surface area contributed by atoms with Gasteiger partial charge in [0.05, 0.1) is 6.54 Å².